The molecule has 17 heavy (non-hydrogen) atoms. The predicted octanol–water partition coefficient (Wildman–Crippen LogP) is 2.91. The number of halogens is 1. The summed E-state index contributed by atoms with van der Waals surface area (Å²) in [6.07, 6.45) is 0. The van der Waals surface area contributed by atoms with Gasteiger partial charge in [-0.3, -0.25) is 0 Å². The lowest BCUT2D eigenvalue weighted by Gasteiger charge is -2.06. The topological polar surface area (TPSA) is 51.5 Å². The highest BCUT2D eigenvalue weighted by Crippen LogP contribution is 2.28. The van der Waals surface area contributed by atoms with Crippen molar-refractivity contribution in [2.24, 2.45) is 0 Å². The van der Waals surface area contributed by atoms with Crippen LogP contribution in [0.1, 0.15) is 16.1 Å². The fourth-order valence-electron chi connectivity index (χ4n) is 2.03. The summed E-state index contributed by atoms with van der Waals surface area (Å²) in [5.74, 6) is -0.966. The van der Waals surface area contributed by atoms with E-state index in [1.165, 1.54) is 7.11 Å². The smallest absolute Gasteiger partial charge is 0.352 e. The minimum absolute atomic E-state index is 0.202. The molecule has 0 fully saturated rings. The molecule has 0 aliphatic heterocycles. The van der Waals surface area contributed by atoms with Crippen LogP contribution in [0.4, 0.5) is 0 Å². The highest BCUT2D eigenvalue weighted by molar-refractivity contribution is 6.31. The summed E-state index contributed by atoms with van der Waals surface area (Å²) in [5, 5.41) is 10.7. The Morgan fingerprint density at radius 2 is 2.24 bits per heavy atom. The standard InChI is InChI=1S/C12H12ClNO3/c1-7-9-5-8(13)3-4-10(9)14(6-17-2)11(7)12(15)16/h3-5H,6H2,1-2H3,(H,15,16). The molecule has 0 aliphatic carbocycles. The maximum Gasteiger partial charge on any atom is 0.352 e. The molecular weight excluding hydrogens is 242 g/mol. The average Bonchev–Trinajstić information content (AvgIpc) is 2.53. The van der Waals surface area contributed by atoms with Crippen LogP contribution in [0.3, 0.4) is 0 Å². The number of aromatic carboxylic acids is 1. The van der Waals surface area contributed by atoms with Crippen molar-refractivity contribution in [1.29, 1.82) is 0 Å². The molecule has 0 radical (unpaired) electrons. The lowest BCUT2D eigenvalue weighted by Crippen LogP contribution is -2.10. The summed E-state index contributed by atoms with van der Waals surface area (Å²) < 4.78 is 6.67. The van der Waals surface area contributed by atoms with Gasteiger partial charge in [0.05, 0.1) is 5.52 Å². The first-order valence-corrected chi connectivity index (χ1v) is 5.44. The number of methoxy groups -OCH3 is 1. The van der Waals surface area contributed by atoms with Gasteiger partial charge in [0.25, 0.3) is 0 Å². The van der Waals surface area contributed by atoms with E-state index in [2.05, 4.69) is 0 Å². The van der Waals surface area contributed by atoms with Crippen molar-refractivity contribution in [3.63, 3.8) is 0 Å². The molecule has 5 heteroatoms. The van der Waals surface area contributed by atoms with Gasteiger partial charge in [-0.1, -0.05) is 11.6 Å². The lowest BCUT2D eigenvalue weighted by molar-refractivity contribution is 0.0663. The zero-order valence-corrected chi connectivity index (χ0v) is 10.3. The molecule has 2 rings (SSSR count). The summed E-state index contributed by atoms with van der Waals surface area (Å²) in [5.41, 5.74) is 1.75. The van der Waals surface area contributed by atoms with Gasteiger partial charge in [-0.05, 0) is 30.7 Å². The maximum absolute atomic E-state index is 11.3. The normalized spacial score (nSPS) is 11.0. The number of carbonyl (C=O) groups is 1. The van der Waals surface area contributed by atoms with Crippen LogP contribution in [-0.4, -0.2) is 22.8 Å². The Hall–Kier alpha value is -1.52. The number of aryl methyl sites for hydroxylation is 1. The van der Waals surface area contributed by atoms with Gasteiger partial charge in [0.2, 0.25) is 0 Å². The fourth-order valence-corrected chi connectivity index (χ4v) is 2.21. The van der Waals surface area contributed by atoms with Crippen molar-refractivity contribution >= 4 is 28.5 Å². The van der Waals surface area contributed by atoms with Crippen molar-refractivity contribution < 1.29 is 14.6 Å². The molecule has 0 bridgehead atoms. The van der Waals surface area contributed by atoms with Crippen LogP contribution in [0, 0.1) is 6.92 Å². The Labute approximate surface area is 103 Å². The van der Waals surface area contributed by atoms with E-state index in [0.29, 0.717) is 10.6 Å². The number of carboxylic acids is 1. The first kappa shape index (κ1) is 12.0. The number of aromatic nitrogens is 1. The number of carboxylic acid groups (broad SMARTS) is 1. The highest BCUT2D eigenvalue weighted by Gasteiger charge is 2.19. The molecule has 0 saturated heterocycles. The Morgan fingerprint density at radius 3 is 2.82 bits per heavy atom. The third-order valence-corrected chi connectivity index (χ3v) is 2.97. The van der Waals surface area contributed by atoms with Crippen LogP contribution in [0.5, 0.6) is 0 Å². The molecule has 90 valence electrons. The van der Waals surface area contributed by atoms with Crippen molar-refractivity contribution in [2.45, 2.75) is 13.7 Å². The second-order valence-electron chi connectivity index (χ2n) is 3.79. The number of rotatable bonds is 3. The molecule has 1 aromatic carbocycles. The molecule has 0 saturated carbocycles. The molecule has 0 atom stereocenters. The second-order valence-corrected chi connectivity index (χ2v) is 4.22. The lowest BCUT2D eigenvalue weighted by atomic mass is 10.1. The largest absolute Gasteiger partial charge is 0.477 e. The predicted molar refractivity (Wildman–Crippen MR) is 65.7 cm³/mol. The van der Waals surface area contributed by atoms with Crippen LogP contribution in [-0.2, 0) is 11.5 Å². The summed E-state index contributed by atoms with van der Waals surface area (Å²) >= 11 is 5.92. The van der Waals surface area contributed by atoms with E-state index in [9.17, 15) is 9.90 Å². The molecule has 2 aromatic rings. The molecule has 0 spiro atoms. The van der Waals surface area contributed by atoms with E-state index in [0.717, 1.165) is 10.9 Å². The Morgan fingerprint density at radius 1 is 1.53 bits per heavy atom. The highest BCUT2D eigenvalue weighted by atomic mass is 35.5. The summed E-state index contributed by atoms with van der Waals surface area (Å²) in [4.78, 5) is 11.3. The van der Waals surface area contributed by atoms with E-state index in [-0.39, 0.29) is 12.4 Å². The van der Waals surface area contributed by atoms with E-state index in [1.807, 2.05) is 0 Å². The van der Waals surface area contributed by atoms with Crippen LogP contribution in [0.15, 0.2) is 18.2 Å². The molecular formula is C12H12ClNO3. The summed E-state index contributed by atoms with van der Waals surface area (Å²) in [7, 11) is 1.53. The monoisotopic (exact) mass is 253 g/mol. The quantitative estimate of drug-likeness (QED) is 0.915. The van der Waals surface area contributed by atoms with E-state index in [1.54, 1.807) is 29.7 Å². The third kappa shape index (κ3) is 1.90. The van der Waals surface area contributed by atoms with Crippen molar-refractivity contribution in [1.82, 2.24) is 4.57 Å². The third-order valence-electron chi connectivity index (χ3n) is 2.74. The van der Waals surface area contributed by atoms with Crippen molar-refractivity contribution in [3.05, 3.63) is 34.5 Å². The Kier molecular flexibility index (Phi) is 3.09. The van der Waals surface area contributed by atoms with Gasteiger partial charge >= 0.3 is 5.97 Å². The van der Waals surface area contributed by atoms with E-state index >= 15 is 0 Å². The van der Waals surface area contributed by atoms with Gasteiger partial charge in [-0.2, -0.15) is 0 Å². The zero-order valence-electron chi connectivity index (χ0n) is 9.53. The first-order valence-electron chi connectivity index (χ1n) is 5.07. The van der Waals surface area contributed by atoms with Gasteiger partial charge in [0, 0.05) is 17.5 Å². The molecule has 1 aromatic heterocycles. The van der Waals surface area contributed by atoms with Crippen LogP contribution >= 0.6 is 11.6 Å². The molecule has 0 amide bonds. The average molecular weight is 254 g/mol. The zero-order chi connectivity index (χ0) is 12.6. The van der Waals surface area contributed by atoms with Gasteiger partial charge in [-0.15, -0.1) is 0 Å². The van der Waals surface area contributed by atoms with Gasteiger partial charge in [0.15, 0.2) is 0 Å². The van der Waals surface area contributed by atoms with E-state index in [4.69, 9.17) is 16.3 Å². The van der Waals surface area contributed by atoms with E-state index < -0.39 is 5.97 Å². The Balaban J connectivity index is 2.82. The minimum atomic E-state index is -0.966. The van der Waals surface area contributed by atoms with Crippen LogP contribution in [0.25, 0.3) is 10.9 Å². The number of benzene rings is 1. The molecule has 0 unspecified atom stereocenters. The number of ether oxygens (including phenoxy) is 1. The Bertz CT molecular complexity index is 589. The minimum Gasteiger partial charge on any atom is -0.477 e. The number of hydrogen-bond acceptors (Lipinski definition) is 2. The summed E-state index contributed by atoms with van der Waals surface area (Å²) in [6, 6.07) is 5.31. The van der Waals surface area contributed by atoms with Gasteiger partial charge < -0.3 is 14.4 Å². The van der Waals surface area contributed by atoms with Crippen molar-refractivity contribution in [2.75, 3.05) is 7.11 Å². The SMILES string of the molecule is COCn1c(C(=O)O)c(C)c2cc(Cl)ccc21. The molecule has 4 nitrogen and oxygen atoms in total. The van der Waals surface area contributed by atoms with Gasteiger partial charge in [-0.25, -0.2) is 4.79 Å². The van der Waals surface area contributed by atoms with Crippen molar-refractivity contribution in [3.8, 4) is 0 Å². The van der Waals surface area contributed by atoms with Crippen LogP contribution in [0.2, 0.25) is 5.02 Å². The number of nitrogens with zero attached hydrogens (tertiary/aromatic N) is 1. The molecule has 1 heterocycles. The maximum atomic E-state index is 11.3. The first-order chi connectivity index (χ1) is 8.06. The molecule has 1 N–H and O–H groups in total. The summed E-state index contributed by atoms with van der Waals surface area (Å²) in [6.45, 7) is 1.97. The van der Waals surface area contributed by atoms with Gasteiger partial charge in [0.1, 0.15) is 12.4 Å². The second kappa shape index (κ2) is 4.39. The van der Waals surface area contributed by atoms with Crippen LogP contribution < -0.4 is 0 Å². The fraction of sp³-hybridized carbons (Fsp3) is 0.250. The number of hydrogen-bond donors (Lipinski definition) is 1. The number of fused-ring (bicyclic) bond motifs is 1. The molecule has 0 aliphatic rings.